The lowest BCUT2D eigenvalue weighted by Crippen LogP contribution is -2.54. The third-order valence-electron chi connectivity index (χ3n) is 7.53. The van der Waals surface area contributed by atoms with E-state index in [0.717, 1.165) is 47.8 Å². The van der Waals surface area contributed by atoms with E-state index in [4.69, 9.17) is 28.4 Å². The van der Waals surface area contributed by atoms with Gasteiger partial charge in [-0.25, -0.2) is 4.79 Å². The standard InChI is InChI=1S/C31H44N2O9/c1-4-39-25-9-7-23(8-10-25)30-28(17-33(31(35)36)18-29(30)42-21-24(34)20-38-3)41-19-22-6-11-27-26(16-22)32(13-15-40-27)12-5-14-37-2/h6-11,16,24,28-30,34H,4-5,12-15,17-21H2,1-3H3,(H,35,36)/t24-,28+,29-,30-/m1/s1. The number of nitrogens with zero attached hydrogens (tertiary/aromatic N) is 2. The molecule has 2 aliphatic heterocycles. The van der Waals surface area contributed by atoms with Crippen molar-refractivity contribution in [3.63, 3.8) is 0 Å². The van der Waals surface area contributed by atoms with E-state index >= 15 is 0 Å². The third kappa shape index (κ3) is 8.48. The lowest BCUT2D eigenvalue weighted by atomic mass is 9.84. The molecule has 0 saturated carbocycles. The molecule has 2 N–H and O–H groups in total. The van der Waals surface area contributed by atoms with Crippen LogP contribution in [0, 0.1) is 0 Å². The van der Waals surface area contributed by atoms with E-state index in [-0.39, 0.29) is 38.8 Å². The average molecular weight is 589 g/mol. The molecule has 2 aromatic rings. The minimum absolute atomic E-state index is 0.00986. The molecule has 0 bridgehead atoms. The van der Waals surface area contributed by atoms with Crippen molar-refractivity contribution in [2.75, 3.05) is 78.3 Å². The van der Waals surface area contributed by atoms with E-state index in [1.165, 1.54) is 12.0 Å². The number of likely N-dealkylation sites (tertiary alicyclic amines) is 1. The van der Waals surface area contributed by atoms with Crippen LogP contribution in [0.2, 0.25) is 0 Å². The van der Waals surface area contributed by atoms with E-state index in [9.17, 15) is 15.0 Å². The molecule has 0 aromatic heterocycles. The summed E-state index contributed by atoms with van der Waals surface area (Å²) in [5, 5.41) is 20.2. The summed E-state index contributed by atoms with van der Waals surface area (Å²) >= 11 is 0. The van der Waals surface area contributed by atoms with Crippen molar-refractivity contribution in [3.05, 3.63) is 53.6 Å². The highest BCUT2D eigenvalue weighted by molar-refractivity contribution is 5.65. The molecule has 4 rings (SSSR count). The van der Waals surface area contributed by atoms with E-state index in [2.05, 4.69) is 11.0 Å². The maximum absolute atomic E-state index is 12.1. The number of anilines is 1. The monoisotopic (exact) mass is 588 g/mol. The summed E-state index contributed by atoms with van der Waals surface area (Å²) < 4.78 is 34.5. The largest absolute Gasteiger partial charge is 0.494 e. The normalized spacial score (nSPS) is 21.0. The number of methoxy groups -OCH3 is 2. The molecule has 4 atom stereocenters. The number of piperidine rings is 1. The molecule has 0 radical (unpaired) electrons. The fourth-order valence-corrected chi connectivity index (χ4v) is 5.55. The number of rotatable bonds is 15. The maximum atomic E-state index is 12.1. The van der Waals surface area contributed by atoms with Gasteiger partial charge in [-0.15, -0.1) is 0 Å². The second-order valence-corrected chi connectivity index (χ2v) is 10.5. The second kappa shape index (κ2) is 15.9. The zero-order valence-corrected chi connectivity index (χ0v) is 24.8. The van der Waals surface area contributed by atoms with Gasteiger partial charge in [0.2, 0.25) is 0 Å². The van der Waals surface area contributed by atoms with Gasteiger partial charge in [-0.05, 0) is 48.7 Å². The van der Waals surface area contributed by atoms with Crippen LogP contribution in [0.25, 0.3) is 0 Å². The highest BCUT2D eigenvalue weighted by Gasteiger charge is 2.41. The summed E-state index contributed by atoms with van der Waals surface area (Å²) in [6.07, 6.45) is -2.01. The molecular formula is C31H44N2O9. The predicted molar refractivity (Wildman–Crippen MR) is 157 cm³/mol. The summed E-state index contributed by atoms with van der Waals surface area (Å²) in [5.74, 6) is 1.31. The van der Waals surface area contributed by atoms with Crippen LogP contribution in [-0.4, -0.2) is 113 Å². The molecule has 0 aliphatic carbocycles. The fourth-order valence-electron chi connectivity index (χ4n) is 5.55. The Labute approximate surface area is 247 Å². The van der Waals surface area contributed by atoms with Crippen LogP contribution in [0.1, 0.15) is 30.4 Å². The summed E-state index contributed by atoms with van der Waals surface area (Å²) in [6, 6.07) is 13.8. The Bertz CT molecular complexity index is 1120. The summed E-state index contributed by atoms with van der Waals surface area (Å²) in [6.45, 7) is 6.21. The van der Waals surface area contributed by atoms with Gasteiger partial charge in [0.05, 0.1) is 64.0 Å². The van der Waals surface area contributed by atoms with Gasteiger partial charge in [0.1, 0.15) is 24.2 Å². The molecule has 2 heterocycles. The van der Waals surface area contributed by atoms with Crippen molar-refractivity contribution in [1.82, 2.24) is 4.90 Å². The second-order valence-electron chi connectivity index (χ2n) is 10.5. The first kappa shape index (κ1) is 31.8. The zero-order chi connectivity index (χ0) is 29.9. The van der Waals surface area contributed by atoms with Crippen molar-refractivity contribution in [1.29, 1.82) is 0 Å². The van der Waals surface area contributed by atoms with Crippen LogP contribution in [0.3, 0.4) is 0 Å². The van der Waals surface area contributed by atoms with Gasteiger partial charge in [0.25, 0.3) is 0 Å². The van der Waals surface area contributed by atoms with Gasteiger partial charge in [-0.3, -0.25) is 0 Å². The van der Waals surface area contributed by atoms with Crippen LogP contribution in [-0.2, 0) is 25.6 Å². The van der Waals surface area contributed by atoms with Gasteiger partial charge in [0.15, 0.2) is 0 Å². The topological polar surface area (TPSA) is 119 Å². The number of hydrogen-bond donors (Lipinski definition) is 2. The molecule has 1 amide bonds. The van der Waals surface area contributed by atoms with E-state index in [0.29, 0.717) is 19.8 Å². The van der Waals surface area contributed by atoms with Crippen molar-refractivity contribution in [2.45, 2.75) is 44.2 Å². The summed E-state index contributed by atoms with van der Waals surface area (Å²) in [7, 11) is 3.21. The van der Waals surface area contributed by atoms with Crippen LogP contribution < -0.4 is 14.4 Å². The first-order chi connectivity index (χ1) is 20.4. The molecule has 1 saturated heterocycles. The maximum Gasteiger partial charge on any atom is 0.407 e. The van der Waals surface area contributed by atoms with Crippen LogP contribution in [0.4, 0.5) is 10.5 Å². The van der Waals surface area contributed by atoms with Crippen LogP contribution in [0.15, 0.2) is 42.5 Å². The van der Waals surface area contributed by atoms with Crippen molar-refractivity contribution < 1.29 is 43.4 Å². The summed E-state index contributed by atoms with van der Waals surface area (Å²) in [4.78, 5) is 15.7. The Balaban J connectivity index is 1.56. The average Bonchev–Trinajstić information content (AvgIpc) is 2.99. The molecule has 11 heteroatoms. The van der Waals surface area contributed by atoms with Gasteiger partial charge >= 0.3 is 6.09 Å². The molecule has 2 aromatic carbocycles. The van der Waals surface area contributed by atoms with Crippen molar-refractivity contribution in [3.8, 4) is 11.5 Å². The van der Waals surface area contributed by atoms with Gasteiger partial charge in [-0.2, -0.15) is 0 Å². The van der Waals surface area contributed by atoms with E-state index in [1.54, 1.807) is 7.11 Å². The lowest BCUT2D eigenvalue weighted by Gasteiger charge is -2.43. The zero-order valence-electron chi connectivity index (χ0n) is 24.8. The van der Waals surface area contributed by atoms with E-state index < -0.39 is 24.4 Å². The molecule has 0 spiro atoms. The number of fused-ring (bicyclic) bond motifs is 1. The van der Waals surface area contributed by atoms with Crippen LogP contribution >= 0.6 is 0 Å². The molecule has 11 nitrogen and oxygen atoms in total. The predicted octanol–water partition coefficient (Wildman–Crippen LogP) is 3.38. The third-order valence-corrected chi connectivity index (χ3v) is 7.53. The molecule has 0 unspecified atom stereocenters. The van der Waals surface area contributed by atoms with Crippen LogP contribution in [0.5, 0.6) is 11.5 Å². The van der Waals surface area contributed by atoms with Gasteiger partial charge in [-0.1, -0.05) is 18.2 Å². The van der Waals surface area contributed by atoms with Gasteiger partial charge < -0.3 is 48.4 Å². The number of carboxylic acid groups (broad SMARTS) is 1. The number of hydrogen-bond acceptors (Lipinski definition) is 9. The highest BCUT2D eigenvalue weighted by atomic mass is 16.5. The Kier molecular flexibility index (Phi) is 12.1. The number of ether oxygens (including phenoxy) is 6. The Hall–Kier alpha value is -3.09. The number of carbonyl (C=O) groups is 1. The minimum atomic E-state index is -1.04. The molecule has 42 heavy (non-hydrogen) atoms. The Morgan fingerprint density at radius 2 is 1.81 bits per heavy atom. The first-order valence-electron chi connectivity index (χ1n) is 14.5. The smallest absolute Gasteiger partial charge is 0.407 e. The summed E-state index contributed by atoms with van der Waals surface area (Å²) in [5.41, 5.74) is 2.93. The quantitative estimate of drug-likeness (QED) is 0.300. The van der Waals surface area contributed by atoms with Crippen molar-refractivity contribution >= 4 is 11.8 Å². The number of aliphatic hydroxyl groups is 1. The first-order valence-corrected chi connectivity index (χ1v) is 14.5. The Morgan fingerprint density at radius 3 is 2.50 bits per heavy atom. The number of amides is 1. The lowest BCUT2D eigenvalue weighted by molar-refractivity contribution is -0.107. The highest BCUT2D eigenvalue weighted by Crippen LogP contribution is 2.36. The molecule has 232 valence electrons. The van der Waals surface area contributed by atoms with Gasteiger partial charge in [0, 0.05) is 33.3 Å². The molecule has 2 aliphatic rings. The number of benzene rings is 2. The Morgan fingerprint density at radius 1 is 1.05 bits per heavy atom. The minimum Gasteiger partial charge on any atom is -0.494 e. The number of aliphatic hydroxyl groups excluding tert-OH is 1. The van der Waals surface area contributed by atoms with Crippen molar-refractivity contribution in [2.24, 2.45) is 0 Å². The molecule has 1 fully saturated rings. The SMILES string of the molecule is CCOc1ccc([C@@H]2[C@@H](OCc3ccc4c(c3)N(CCCOC)CCO4)CN(C(=O)O)C[C@H]2OC[C@H](O)COC)cc1. The molecular weight excluding hydrogens is 544 g/mol. The van der Waals surface area contributed by atoms with E-state index in [1.807, 2.05) is 43.3 Å². The fraction of sp³-hybridized carbons (Fsp3) is 0.581.